The first-order valence-corrected chi connectivity index (χ1v) is 13.9. The molecule has 0 spiro atoms. The Labute approximate surface area is 260 Å². The van der Waals surface area contributed by atoms with Crippen molar-refractivity contribution < 1.29 is 24.5 Å². The fourth-order valence-corrected chi connectivity index (χ4v) is 5.17. The van der Waals surface area contributed by atoms with Crippen molar-refractivity contribution in [2.45, 2.75) is 33.6 Å². The van der Waals surface area contributed by atoms with Gasteiger partial charge in [0.15, 0.2) is 0 Å². The maximum absolute atomic E-state index is 5.86. The van der Waals surface area contributed by atoms with E-state index in [9.17, 15) is 0 Å². The number of benzene rings is 4. The van der Waals surface area contributed by atoms with Crippen LogP contribution in [0.15, 0.2) is 114 Å². The molecule has 7 aromatic rings. The van der Waals surface area contributed by atoms with Gasteiger partial charge < -0.3 is 14.0 Å². The van der Waals surface area contributed by atoms with Crippen molar-refractivity contribution in [3.8, 4) is 28.3 Å². The summed E-state index contributed by atoms with van der Waals surface area (Å²) in [5.41, 5.74) is 10.7. The van der Waals surface area contributed by atoms with Gasteiger partial charge in [0.25, 0.3) is 0 Å². The molecule has 5 heteroatoms. The summed E-state index contributed by atoms with van der Waals surface area (Å²) in [6, 6.07) is 37.9. The van der Waals surface area contributed by atoms with E-state index >= 15 is 0 Å². The molecule has 4 aromatic carbocycles. The molecule has 0 aliphatic carbocycles. The molecule has 7 rings (SSSR count). The summed E-state index contributed by atoms with van der Waals surface area (Å²) >= 11 is 0. The second kappa shape index (κ2) is 12.7. The molecule has 0 aliphatic rings. The van der Waals surface area contributed by atoms with Crippen LogP contribution in [0.4, 0.5) is 0 Å². The summed E-state index contributed by atoms with van der Waals surface area (Å²) in [4.78, 5) is 9.21. The molecule has 0 bridgehead atoms. The van der Waals surface area contributed by atoms with Crippen LogP contribution in [0.25, 0.3) is 50.3 Å². The van der Waals surface area contributed by atoms with Crippen LogP contribution < -0.4 is 0 Å². The Balaban J connectivity index is 0.000000228. The van der Waals surface area contributed by atoms with E-state index in [-0.39, 0.29) is 20.1 Å². The van der Waals surface area contributed by atoms with E-state index in [2.05, 4.69) is 104 Å². The van der Waals surface area contributed by atoms with Crippen molar-refractivity contribution in [2.24, 2.45) is 0 Å². The van der Waals surface area contributed by atoms with Crippen LogP contribution in [0, 0.1) is 26.2 Å². The zero-order chi connectivity index (χ0) is 28.3. The van der Waals surface area contributed by atoms with Gasteiger partial charge in [-0.25, -0.2) is 0 Å². The van der Waals surface area contributed by atoms with E-state index in [4.69, 9.17) is 9.40 Å². The summed E-state index contributed by atoms with van der Waals surface area (Å²) < 4.78 is 8.11. The van der Waals surface area contributed by atoms with Gasteiger partial charge in [-0.05, 0) is 54.8 Å². The first-order chi connectivity index (χ1) is 20.0. The molecule has 0 N–H and O–H groups in total. The van der Waals surface area contributed by atoms with Gasteiger partial charge in [0.1, 0.15) is 0 Å². The molecule has 0 atom stereocenters. The van der Waals surface area contributed by atoms with Crippen LogP contribution in [0.2, 0.25) is 0 Å². The van der Waals surface area contributed by atoms with Crippen molar-refractivity contribution in [1.82, 2.24) is 14.5 Å². The second-order valence-electron chi connectivity index (χ2n) is 10.5. The third kappa shape index (κ3) is 5.71. The standard InChI is InChI=1S/C26H23N2O.C11H8N.Ir/c1-16(2)19-12-13-20-21(15-29-24(20)14-19)26-27-22-10-5-6-11-23(22)28(26)25-17(3)8-7-9-18(25)4;1-2-6-10(7-3-1)11-8-4-5-9-12-11;/h5-14,16H,1-4H3;1-6,8-9H;/q2*-1;. The van der Waals surface area contributed by atoms with E-state index in [1.165, 1.54) is 16.7 Å². The number of nitrogens with zero attached hydrogens (tertiary/aromatic N) is 3. The largest absolute Gasteiger partial charge is 0.557 e. The number of aryl methyl sites for hydroxylation is 2. The minimum atomic E-state index is 0. The number of fused-ring (bicyclic) bond motifs is 2. The normalized spacial score (nSPS) is 10.9. The van der Waals surface area contributed by atoms with Crippen molar-refractivity contribution in [3.05, 3.63) is 138 Å². The average Bonchev–Trinajstić information content (AvgIpc) is 3.59. The quantitative estimate of drug-likeness (QED) is 0.170. The molecule has 0 saturated carbocycles. The van der Waals surface area contributed by atoms with Gasteiger partial charge in [-0.2, -0.15) is 0 Å². The first kappa shape index (κ1) is 29.2. The molecule has 0 amide bonds. The monoisotopic (exact) mass is 726 g/mol. The minimum Gasteiger partial charge on any atom is -0.557 e. The summed E-state index contributed by atoms with van der Waals surface area (Å²) in [6.45, 7) is 8.67. The molecule has 1 radical (unpaired) electrons. The maximum atomic E-state index is 5.86. The summed E-state index contributed by atoms with van der Waals surface area (Å²) in [5.74, 6) is 1.31. The predicted octanol–water partition coefficient (Wildman–Crippen LogP) is 9.53. The fourth-order valence-electron chi connectivity index (χ4n) is 5.17. The molecule has 0 fully saturated rings. The van der Waals surface area contributed by atoms with Crippen LogP contribution in [0.3, 0.4) is 0 Å². The van der Waals surface area contributed by atoms with E-state index in [0.29, 0.717) is 5.92 Å². The zero-order valence-electron chi connectivity index (χ0n) is 24.1. The number of hydrogen-bond acceptors (Lipinski definition) is 3. The van der Waals surface area contributed by atoms with Crippen molar-refractivity contribution in [2.75, 3.05) is 0 Å². The molecule has 0 saturated heterocycles. The molecule has 3 heterocycles. The van der Waals surface area contributed by atoms with Crippen molar-refractivity contribution >= 4 is 22.0 Å². The van der Waals surface area contributed by atoms with Crippen LogP contribution in [-0.4, -0.2) is 14.5 Å². The molecule has 3 aromatic heterocycles. The topological polar surface area (TPSA) is 43.9 Å². The molecular formula is C37H31IrN3O-2. The Morgan fingerprint density at radius 2 is 1.57 bits per heavy atom. The van der Waals surface area contributed by atoms with Gasteiger partial charge in [0.05, 0.1) is 16.9 Å². The second-order valence-corrected chi connectivity index (χ2v) is 10.5. The number of furan rings is 1. The average molecular weight is 726 g/mol. The fraction of sp³-hybridized carbons (Fsp3) is 0.135. The summed E-state index contributed by atoms with van der Waals surface area (Å²) in [6.07, 6.45) is 4.94. The van der Waals surface area contributed by atoms with Gasteiger partial charge in [-0.1, -0.05) is 85.0 Å². The van der Waals surface area contributed by atoms with Gasteiger partial charge >= 0.3 is 0 Å². The molecule has 0 unspecified atom stereocenters. The SMILES string of the molecule is Cc1cccc(C)c1-n1c(-c2[c-]oc3cc(C(C)C)ccc23)nc2ccccc21.[Ir].[c-]1ccccc1-c1ccccn1. The van der Waals surface area contributed by atoms with Crippen molar-refractivity contribution in [1.29, 1.82) is 0 Å². The maximum Gasteiger partial charge on any atom is 0.0774 e. The van der Waals surface area contributed by atoms with E-state index in [1.807, 2.05) is 48.5 Å². The number of hydrogen-bond donors (Lipinski definition) is 0. The number of para-hydroxylation sites is 3. The van der Waals surface area contributed by atoms with E-state index in [1.54, 1.807) is 6.20 Å². The number of imidazole rings is 1. The van der Waals surface area contributed by atoms with E-state index < -0.39 is 0 Å². The van der Waals surface area contributed by atoms with Gasteiger partial charge in [-0.15, -0.1) is 42.0 Å². The van der Waals surface area contributed by atoms with Gasteiger partial charge in [-0.3, -0.25) is 4.98 Å². The predicted molar refractivity (Wildman–Crippen MR) is 167 cm³/mol. The number of rotatable bonds is 4. The summed E-state index contributed by atoms with van der Waals surface area (Å²) in [5, 5.41) is 1.04. The Morgan fingerprint density at radius 3 is 2.29 bits per heavy atom. The minimum absolute atomic E-state index is 0. The molecule has 42 heavy (non-hydrogen) atoms. The smallest absolute Gasteiger partial charge is 0.0774 e. The van der Waals surface area contributed by atoms with Gasteiger partial charge in [0, 0.05) is 43.8 Å². The Hall–Kier alpha value is -4.31. The Morgan fingerprint density at radius 1 is 0.810 bits per heavy atom. The van der Waals surface area contributed by atoms with E-state index in [0.717, 1.165) is 50.3 Å². The third-order valence-corrected chi connectivity index (χ3v) is 7.30. The first-order valence-electron chi connectivity index (χ1n) is 13.9. The molecular weight excluding hydrogens is 695 g/mol. The molecule has 4 nitrogen and oxygen atoms in total. The Kier molecular flexibility index (Phi) is 8.82. The Bertz CT molecular complexity index is 1880. The van der Waals surface area contributed by atoms with Gasteiger partial charge in [0.2, 0.25) is 0 Å². The van der Waals surface area contributed by atoms with Crippen molar-refractivity contribution in [3.63, 3.8) is 0 Å². The van der Waals surface area contributed by atoms with Crippen LogP contribution in [0.5, 0.6) is 0 Å². The molecule has 211 valence electrons. The van der Waals surface area contributed by atoms with Crippen LogP contribution in [0.1, 0.15) is 36.5 Å². The third-order valence-electron chi connectivity index (χ3n) is 7.30. The number of pyridine rings is 1. The summed E-state index contributed by atoms with van der Waals surface area (Å²) in [7, 11) is 0. The zero-order valence-corrected chi connectivity index (χ0v) is 26.4. The number of aromatic nitrogens is 3. The van der Waals surface area contributed by atoms with Crippen LogP contribution >= 0.6 is 0 Å². The van der Waals surface area contributed by atoms with Crippen LogP contribution in [-0.2, 0) is 20.1 Å². The molecule has 0 aliphatic heterocycles.